The topological polar surface area (TPSA) is 95.1 Å². The summed E-state index contributed by atoms with van der Waals surface area (Å²) in [5, 5.41) is 6.84. The zero-order valence-electron chi connectivity index (χ0n) is 13.9. The summed E-state index contributed by atoms with van der Waals surface area (Å²) < 4.78 is 27.1. The maximum absolute atomic E-state index is 12.1. The Kier molecular flexibility index (Phi) is 4.93. The van der Waals surface area contributed by atoms with Crippen LogP contribution in [-0.4, -0.2) is 64.4 Å². The molecule has 1 fully saturated rings. The number of piperidine rings is 1. The Labute approximate surface area is 142 Å². The van der Waals surface area contributed by atoms with Crippen molar-refractivity contribution in [2.45, 2.75) is 19.3 Å². The summed E-state index contributed by atoms with van der Waals surface area (Å²) in [5.74, 6) is 0.433. The minimum absolute atomic E-state index is 0.433. The minimum atomic E-state index is -3.30. The Balaban J connectivity index is 1.62. The fourth-order valence-electron chi connectivity index (χ4n) is 2.93. The zero-order valence-corrected chi connectivity index (χ0v) is 14.7. The van der Waals surface area contributed by atoms with Crippen LogP contribution >= 0.6 is 0 Å². The molecule has 2 aromatic rings. The van der Waals surface area contributed by atoms with Gasteiger partial charge in [-0.3, -0.25) is 5.10 Å². The second-order valence-electron chi connectivity index (χ2n) is 6.20. The van der Waals surface area contributed by atoms with Crippen molar-refractivity contribution in [2.24, 2.45) is 5.92 Å². The van der Waals surface area contributed by atoms with Gasteiger partial charge in [-0.15, -0.1) is 0 Å². The molecule has 0 atom stereocenters. The van der Waals surface area contributed by atoms with Crippen molar-refractivity contribution in [3.8, 4) is 11.4 Å². The Morgan fingerprint density at radius 2 is 2.04 bits per heavy atom. The highest BCUT2D eigenvalue weighted by molar-refractivity contribution is 7.86. The molecule has 1 saturated heterocycles. The Morgan fingerprint density at radius 3 is 2.67 bits per heavy atom. The van der Waals surface area contributed by atoms with Crippen molar-refractivity contribution < 1.29 is 8.42 Å². The summed E-state index contributed by atoms with van der Waals surface area (Å²) in [5.41, 5.74) is 2.67. The maximum atomic E-state index is 12.1. The lowest BCUT2D eigenvalue weighted by Gasteiger charge is -2.32. The van der Waals surface area contributed by atoms with E-state index in [1.54, 1.807) is 30.9 Å². The van der Waals surface area contributed by atoms with Crippen LogP contribution in [0.3, 0.4) is 0 Å². The van der Waals surface area contributed by atoms with E-state index in [1.165, 1.54) is 4.31 Å². The summed E-state index contributed by atoms with van der Waals surface area (Å²) in [4.78, 5) is 8.62. The predicted octanol–water partition coefficient (Wildman–Crippen LogP) is 0.928. The van der Waals surface area contributed by atoms with E-state index in [4.69, 9.17) is 0 Å². The first-order valence-corrected chi connectivity index (χ1v) is 9.35. The number of hydrogen-bond acceptors (Lipinski definition) is 5. The van der Waals surface area contributed by atoms with Crippen LogP contribution in [0.25, 0.3) is 11.4 Å². The van der Waals surface area contributed by atoms with Gasteiger partial charge in [-0.05, 0) is 37.3 Å². The number of aromatic amines is 1. The quantitative estimate of drug-likeness (QED) is 0.865. The number of nitrogens with zero attached hydrogens (tertiary/aromatic N) is 5. The van der Waals surface area contributed by atoms with Crippen molar-refractivity contribution >= 4 is 10.2 Å². The second kappa shape index (κ2) is 6.96. The third-order valence-electron chi connectivity index (χ3n) is 4.36. The molecule has 0 unspecified atom stereocenters. The van der Waals surface area contributed by atoms with Gasteiger partial charge in [0.1, 0.15) is 6.33 Å². The molecular weight excluding hydrogens is 328 g/mol. The number of nitrogens with one attached hydrogen (secondary N) is 1. The smallest absolute Gasteiger partial charge is 0.276 e. The maximum Gasteiger partial charge on any atom is 0.281 e. The summed E-state index contributed by atoms with van der Waals surface area (Å²) in [6.45, 7) is 1.12. The molecule has 1 aliphatic rings. The van der Waals surface area contributed by atoms with Gasteiger partial charge in [0.15, 0.2) is 0 Å². The van der Waals surface area contributed by atoms with Gasteiger partial charge in [0, 0.05) is 39.1 Å². The molecule has 0 aliphatic carbocycles. The lowest BCUT2D eigenvalue weighted by atomic mass is 9.93. The fraction of sp³-hybridized carbons (Fsp3) is 0.533. The van der Waals surface area contributed by atoms with Crippen molar-refractivity contribution in [3.05, 3.63) is 30.4 Å². The van der Waals surface area contributed by atoms with Crippen LogP contribution in [0.5, 0.6) is 0 Å². The molecule has 0 amide bonds. The van der Waals surface area contributed by atoms with Crippen molar-refractivity contribution in [2.75, 3.05) is 27.2 Å². The van der Waals surface area contributed by atoms with Crippen molar-refractivity contribution in [1.29, 1.82) is 0 Å². The molecule has 0 radical (unpaired) electrons. The highest BCUT2D eigenvalue weighted by Gasteiger charge is 2.29. The first-order valence-electron chi connectivity index (χ1n) is 7.95. The molecule has 0 spiro atoms. The van der Waals surface area contributed by atoms with Crippen LogP contribution < -0.4 is 0 Å². The van der Waals surface area contributed by atoms with Gasteiger partial charge in [0.2, 0.25) is 0 Å². The molecule has 8 nitrogen and oxygen atoms in total. The zero-order chi connectivity index (χ0) is 17.2. The molecule has 1 aliphatic heterocycles. The van der Waals surface area contributed by atoms with Crippen molar-refractivity contribution in [1.82, 2.24) is 28.8 Å². The standard InChI is InChI=1S/C15H22N6O2S/c1-20(2)24(22,23)21-7-4-12(5-8-21)9-13-10-15(17-11-16-13)14-3-6-18-19-14/h3,6,10-12H,4-5,7-9H2,1-2H3,(H,18,19). The largest absolute Gasteiger partial charge is 0.281 e. The van der Waals surface area contributed by atoms with E-state index >= 15 is 0 Å². The molecule has 0 aromatic carbocycles. The molecule has 3 heterocycles. The summed E-state index contributed by atoms with van der Waals surface area (Å²) in [6, 6.07) is 3.84. The van der Waals surface area contributed by atoms with Crippen LogP contribution in [0, 0.1) is 5.92 Å². The average molecular weight is 350 g/mol. The normalized spacial score (nSPS) is 17.5. The molecule has 24 heavy (non-hydrogen) atoms. The highest BCUT2D eigenvalue weighted by atomic mass is 32.2. The van der Waals surface area contributed by atoms with Gasteiger partial charge in [0.25, 0.3) is 10.2 Å². The van der Waals surface area contributed by atoms with E-state index in [-0.39, 0.29) is 0 Å². The van der Waals surface area contributed by atoms with Gasteiger partial charge >= 0.3 is 0 Å². The number of aromatic nitrogens is 4. The highest BCUT2D eigenvalue weighted by Crippen LogP contribution is 2.24. The Hall–Kier alpha value is -1.84. The number of hydrogen-bond donors (Lipinski definition) is 1. The van der Waals surface area contributed by atoms with Crippen molar-refractivity contribution in [3.63, 3.8) is 0 Å². The van der Waals surface area contributed by atoms with Gasteiger partial charge in [-0.25, -0.2) is 9.97 Å². The fourth-order valence-corrected chi connectivity index (χ4v) is 4.06. The molecule has 1 N–H and O–H groups in total. The van der Waals surface area contributed by atoms with Gasteiger partial charge in [-0.2, -0.15) is 22.1 Å². The van der Waals surface area contributed by atoms with Crippen LogP contribution in [0.2, 0.25) is 0 Å². The second-order valence-corrected chi connectivity index (χ2v) is 8.34. The van der Waals surface area contributed by atoms with Crippen LogP contribution in [0.4, 0.5) is 0 Å². The number of rotatable bonds is 5. The molecule has 3 rings (SSSR count). The Morgan fingerprint density at radius 1 is 1.29 bits per heavy atom. The van der Waals surface area contributed by atoms with E-state index in [0.29, 0.717) is 19.0 Å². The third kappa shape index (κ3) is 3.63. The van der Waals surface area contributed by atoms with Crippen LogP contribution in [0.15, 0.2) is 24.7 Å². The predicted molar refractivity (Wildman–Crippen MR) is 90.2 cm³/mol. The average Bonchev–Trinajstić information content (AvgIpc) is 3.10. The molecular formula is C15H22N6O2S. The van der Waals surface area contributed by atoms with E-state index in [2.05, 4.69) is 20.2 Å². The lowest BCUT2D eigenvalue weighted by molar-refractivity contribution is 0.261. The van der Waals surface area contributed by atoms with Crippen LogP contribution in [-0.2, 0) is 16.6 Å². The van der Waals surface area contributed by atoms with E-state index in [9.17, 15) is 8.42 Å². The van der Waals surface area contributed by atoms with Gasteiger partial charge in [0.05, 0.1) is 11.4 Å². The molecule has 0 saturated carbocycles. The van der Waals surface area contributed by atoms with Crippen LogP contribution in [0.1, 0.15) is 18.5 Å². The lowest BCUT2D eigenvalue weighted by Crippen LogP contribution is -2.44. The molecule has 2 aromatic heterocycles. The van der Waals surface area contributed by atoms with E-state index in [1.807, 2.05) is 12.1 Å². The first-order chi connectivity index (χ1) is 11.5. The molecule has 0 bridgehead atoms. The molecule has 9 heteroatoms. The minimum Gasteiger partial charge on any atom is -0.276 e. The summed E-state index contributed by atoms with van der Waals surface area (Å²) in [6.07, 6.45) is 5.78. The summed E-state index contributed by atoms with van der Waals surface area (Å²) >= 11 is 0. The molecule has 130 valence electrons. The third-order valence-corrected chi connectivity index (χ3v) is 6.30. The van der Waals surface area contributed by atoms with Gasteiger partial charge < -0.3 is 0 Å². The SMILES string of the molecule is CN(C)S(=O)(=O)N1CCC(Cc2cc(-c3ccn[nH]3)ncn2)CC1. The van der Waals surface area contributed by atoms with Gasteiger partial charge in [-0.1, -0.05) is 0 Å². The Bertz CT molecular complexity index is 767. The van der Waals surface area contributed by atoms with E-state index < -0.39 is 10.2 Å². The first kappa shape index (κ1) is 17.0. The number of H-pyrrole nitrogens is 1. The summed E-state index contributed by atoms with van der Waals surface area (Å²) in [7, 11) is -0.165. The monoisotopic (exact) mass is 350 g/mol. The van der Waals surface area contributed by atoms with E-state index in [0.717, 1.165) is 36.3 Å².